The number of fused-ring (bicyclic) bond motifs is 1. The normalized spacial score (nSPS) is 11.0. The summed E-state index contributed by atoms with van der Waals surface area (Å²) in [4.78, 5) is 26.6. The number of amides is 1. The topological polar surface area (TPSA) is 69.6 Å². The Morgan fingerprint density at radius 2 is 1.80 bits per heavy atom. The van der Waals surface area contributed by atoms with Crippen LogP contribution in [0.5, 0.6) is 5.75 Å². The molecule has 0 saturated heterocycles. The number of carbonyl (C=O) groups excluding carboxylic acids is 2. The molecule has 0 atom stereocenters. The molecule has 182 valence electrons. The maximum absolute atomic E-state index is 13.7. The number of para-hydroxylation sites is 1. The Hall–Kier alpha value is -3.58. The number of aromatic nitrogens is 1. The van der Waals surface area contributed by atoms with Crippen LogP contribution in [0.4, 0.5) is 5.00 Å². The van der Waals surface area contributed by atoms with Gasteiger partial charge in [0.25, 0.3) is 5.91 Å². The van der Waals surface area contributed by atoms with Gasteiger partial charge in [0.05, 0.1) is 13.7 Å². The number of hydrogen-bond acceptors (Lipinski definition) is 5. The summed E-state index contributed by atoms with van der Waals surface area (Å²) in [6, 6.07) is 15.5. The summed E-state index contributed by atoms with van der Waals surface area (Å²) in [6.45, 7) is 6.87. The summed E-state index contributed by atoms with van der Waals surface area (Å²) >= 11 is 1.32. The number of benzene rings is 2. The lowest BCUT2D eigenvalue weighted by Crippen LogP contribution is -2.19. The Balaban J connectivity index is 1.75. The maximum atomic E-state index is 13.7. The zero-order chi connectivity index (χ0) is 24.9. The number of thiophene rings is 1. The fourth-order valence-electron chi connectivity index (χ4n) is 4.32. The Morgan fingerprint density at radius 3 is 2.49 bits per heavy atom. The zero-order valence-corrected chi connectivity index (χ0v) is 21.3. The van der Waals surface area contributed by atoms with Crippen LogP contribution in [-0.2, 0) is 11.3 Å². The van der Waals surface area contributed by atoms with E-state index in [1.54, 1.807) is 14.0 Å². The SMILES string of the molecule is CCCCn1c(C(=O)Nc2scc(-c3ccc(OC)cc3)c2C(=O)OCC)c(C)c2ccccc21. The lowest BCUT2D eigenvalue weighted by atomic mass is 10.0. The van der Waals surface area contributed by atoms with Crippen molar-refractivity contribution in [1.29, 1.82) is 0 Å². The highest BCUT2D eigenvalue weighted by Gasteiger charge is 2.26. The van der Waals surface area contributed by atoms with E-state index < -0.39 is 5.97 Å². The molecule has 1 amide bonds. The number of anilines is 1. The van der Waals surface area contributed by atoms with Crippen LogP contribution in [0.2, 0.25) is 0 Å². The highest BCUT2D eigenvalue weighted by Crippen LogP contribution is 2.37. The lowest BCUT2D eigenvalue weighted by Gasteiger charge is -2.12. The number of rotatable bonds is 9. The Labute approximate surface area is 209 Å². The molecule has 0 aliphatic carbocycles. The van der Waals surface area contributed by atoms with Crippen LogP contribution in [0.1, 0.15) is 53.1 Å². The van der Waals surface area contributed by atoms with E-state index in [4.69, 9.17) is 9.47 Å². The molecule has 2 aromatic carbocycles. The van der Waals surface area contributed by atoms with Gasteiger partial charge in [0, 0.05) is 28.4 Å². The van der Waals surface area contributed by atoms with Gasteiger partial charge in [-0.05, 0) is 49.6 Å². The van der Waals surface area contributed by atoms with Crippen LogP contribution in [0.3, 0.4) is 0 Å². The minimum absolute atomic E-state index is 0.233. The number of methoxy groups -OCH3 is 1. The van der Waals surface area contributed by atoms with E-state index in [0.29, 0.717) is 16.3 Å². The molecular formula is C28H30N2O4S. The molecule has 6 nitrogen and oxygen atoms in total. The predicted molar refractivity (Wildman–Crippen MR) is 142 cm³/mol. The first-order chi connectivity index (χ1) is 17.0. The third-order valence-corrected chi connectivity index (χ3v) is 6.97. The molecule has 0 fully saturated rings. The standard InChI is InChI=1S/C28H30N2O4S/c1-5-7-16-30-23-11-9-8-10-21(23)18(3)25(30)26(31)29-27-24(28(32)34-6-2)22(17-35-27)19-12-14-20(33-4)15-13-19/h8-15,17H,5-7,16H2,1-4H3,(H,29,31). The summed E-state index contributed by atoms with van der Waals surface area (Å²) < 4.78 is 12.7. The van der Waals surface area contributed by atoms with Crippen LogP contribution in [0.15, 0.2) is 53.9 Å². The van der Waals surface area contributed by atoms with Gasteiger partial charge in [0.1, 0.15) is 22.0 Å². The second-order valence-electron chi connectivity index (χ2n) is 8.25. The van der Waals surface area contributed by atoms with Gasteiger partial charge in [0.2, 0.25) is 0 Å². The predicted octanol–water partition coefficient (Wildman–Crippen LogP) is 6.92. The molecule has 2 aromatic heterocycles. The highest BCUT2D eigenvalue weighted by atomic mass is 32.1. The third-order valence-electron chi connectivity index (χ3n) is 6.07. The van der Waals surface area contributed by atoms with Crippen LogP contribution in [-0.4, -0.2) is 30.2 Å². The van der Waals surface area contributed by atoms with Crippen molar-refractivity contribution in [3.8, 4) is 16.9 Å². The number of esters is 1. The molecule has 0 spiro atoms. The molecule has 35 heavy (non-hydrogen) atoms. The molecule has 4 rings (SSSR count). The second kappa shape index (κ2) is 10.8. The van der Waals surface area contributed by atoms with E-state index in [1.807, 2.05) is 60.8 Å². The van der Waals surface area contributed by atoms with Crippen molar-refractivity contribution in [3.63, 3.8) is 0 Å². The van der Waals surface area contributed by atoms with Gasteiger partial charge >= 0.3 is 5.97 Å². The van der Waals surface area contributed by atoms with Crippen molar-refractivity contribution in [2.75, 3.05) is 19.0 Å². The van der Waals surface area contributed by atoms with Gasteiger partial charge in [-0.3, -0.25) is 4.79 Å². The fourth-order valence-corrected chi connectivity index (χ4v) is 5.27. The third kappa shape index (κ3) is 4.82. The lowest BCUT2D eigenvalue weighted by molar-refractivity contribution is 0.0529. The van der Waals surface area contributed by atoms with E-state index in [-0.39, 0.29) is 12.5 Å². The summed E-state index contributed by atoms with van der Waals surface area (Å²) in [6.07, 6.45) is 1.99. The highest BCUT2D eigenvalue weighted by molar-refractivity contribution is 7.15. The molecule has 0 aliphatic heterocycles. The molecule has 7 heteroatoms. The minimum atomic E-state index is -0.460. The average Bonchev–Trinajstić information content (AvgIpc) is 3.41. The van der Waals surface area contributed by atoms with Crippen LogP contribution in [0.25, 0.3) is 22.0 Å². The largest absolute Gasteiger partial charge is 0.497 e. The Morgan fingerprint density at radius 1 is 1.06 bits per heavy atom. The van der Waals surface area contributed by atoms with Gasteiger partial charge in [-0.2, -0.15) is 0 Å². The van der Waals surface area contributed by atoms with Gasteiger partial charge < -0.3 is 19.4 Å². The van der Waals surface area contributed by atoms with Crippen LogP contribution >= 0.6 is 11.3 Å². The van der Waals surface area contributed by atoms with E-state index in [9.17, 15) is 9.59 Å². The fraction of sp³-hybridized carbons (Fsp3) is 0.286. The molecule has 0 bridgehead atoms. The molecule has 1 N–H and O–H groups in total. The van der Waals surface area contributed by atoms with Gasteiger partial charge in [-0.1, -0.05) is 43.7 Å². The van der Waals surface area contributed by atoms with E-state index >= 15 is 0 Å². The van der Waals surface area contributed by atoms with E-state index in [2.05, 4.69) is 16.8 Å². The number of nitrogens with zero attached hydrogens (tertiary/aromatic N) is 1. The van der Waals surface area contributed by atoms with Crippen molar-refractivity contribution < 1.29 is 19.1 Å². The van der Waals surface area contributed by atoms with Gasteiger partial charge in [0.15, 0.2) is 0 Å². The molecule has 2 heterocycles. The second-order valence-corrected chi connectivity index (χ2v) is 9.13. The van der Waals surface area contributed by atoms with Crippen molar-refractivity contribution in [3.05, 3.63) is 70.7 Å². The van der Waals surface area contributed by atoms with Crippen LogP contribution < -0.4 is 10.1 Å². The van der Waals surface area contributed by atoms with Crippen molar-refractivity contribution in [1.82, 2.24) is 4.57 Å². The molecule has 0 aliphatic rings. The first kappa shape index (κ1) is 24.5. The molecule has 0 radical (unpaired) electrons. The Bertz CT molecular complexity index is 1350. The zero-order valence-electron chi connectivity index (χ0n) is 20.5. The smallest absolute Gasteiger partial charge is 0.341 e. The summed E-state index contributed by atoms with van der Waals surface area (Å²) in [5.41, 5.74) is 4.52. The molecule has 0 unspecified atom stereocenters. The number of unbranched alkanes of at least 4 members (excludes halogenated alkanes) is 1. The first-order valence-corrected chi connectivity index (χ1v) is 12.7. The molecule has 4 aromatic rings. The maximum Gasteiger partial charge on any atom is 0.341 e. The number of aryl methyl sites for hydroxylation is 2. The molecule has 0 saturated carbocycles. The van der Waals surface area contributed by atoms with E-state index in [0.717, 1.165) is 52.7 Å². The first-order valence-electron chi connectivity index (χ1n) is 11.8. The number of hydrogen-bond donors (Lipinski definition) is 1. The summed E-state index contributed by atoms with van der Waals surface area (Å²) in [5, 5.41) is 6.45. The monoisotopic (exact) mass is 490 g/mol. The number of nitrogens with one attached hydrogen (secondary N) is 1. The van der Waals surface area contributed by atoms with Crippen molar-refractivity contribution in [2.24, 2.45) is 0 Å². The molecular weight excluding hydrogens is 460 g/mol. The van der Waals surface area contributed by atoms with Crippen molar-refractivity contribution in [2.45, 2.75) is 40.2 Å². The van der Waals surface area contributed by atoms with Crippen molar-refractivity contribution >= 4 is 39.1 Å². The minimum Gasteiger partial charge on any atom is -0.497 e. The summed E-state index contributed by atoms with van der Waals surface area (Å²) in [7, 11) is 1.61. The van der Waals surface area contributed by atoms with Gasteiger partial charge in [-0.15, -0.1) is 11.3 Å². The quantitative estimate of drug-likeness (QED) is 0.259. The van der Waals surface area contributed by atoms with E-state index in [1.165, 1.54) is 11.3 Å². The van der Waals surface area contributed by atoms with Crippen LogP contribution in [0, 0.1) is 6.92 Å². The average molecular weight is 491 g/mol. The Kier molecular flexibility index (Phi) is 7.56. The number of carbonyl (C=O) groups is 2. The number of ether oxygens (including phenoxy) is 2. The summed E-state index contributed by atoms with van der Waals surface area (Å²) in [5.74, 6) is 0.0344. The van der Waals surface area contributed by atoms with Gasteiger partial charge in [-0.25, -0.2) is 4.79 Å².